The minimum atomic E-state index is -4.06. The van der Waals surface area contributed by atoms with Gasteiger partial charge in [-0.2, -0.15) is 12.7 Å². The summed E-state index contributed by atoms with van der Waals surface area (Å²) in [6.07, 6.45) is 2.56. The Balaban J connectivity index is 1.77. The molecule has 2 atom stereocenters. The summed E-state index contributed by atoms with van der Waals surface area (Å²) in [5, 5.41) is 0. The lowest BCUT2D eigenvalue weighted by Crippen LogP contribution is -2.48. The maximum atomic E-state index is 14.7. The summed E-state index contributed by atoms with van der Waals surface area (Å²) in [5.74, 6) is 3.34. The number of piperidine rings is 1. The third-order valence-electron chi connectivity index (χ3n) is 8.05. The maximum absolute atomic E-state index is 14.7. The maximum Gasteiger partial charge on any atom is 0.305 e. The highest BCUT2D eigenvalue weighted by Gasteiger charge is 2.48. The lowest BCUT2D eigenvalue weighted by atomic mass is 9.94. The molecule has 0 aliphatic carbocycles. The van der Waals surface area contributed by atoms with Crippen molar-refractivity contribution in [2.24, 2.45) is 4.99 Å². The molecular weight excluding hydrogens is 586 g/mol. The van der Waals surface area contributed by atoms with E-state index < -0.39 is 22.3 Å². The van der Waals surface area contributed by atoms with Gasteiger partial charge in [-0.3, -0.25) is 4.99 Å². The fourth-order valence-electron chi connectivity index (χ4n) is 5.82. The van der Waals surface area contributed by atoms with Gasteiger partial charge < -0.3 is 28.4 Å². The van der Waals surface area contributed by atoms with Crippen LogP contribution in [-0.4, -0.2) is 78.6 Å². The average molecular weight is 626 g/mol. The van der Waals surface area contributed by atoms with Gasteiger partial charge in [-0.1, -0.05) is 18.6 Å². The Morgan fingerprint density at radius 2 is 1.09 bits per heavy atom. The van der Waals surface area contributed by atoms with Crippen LogP contribution in [0, 0.1) is 0 Å². The Morgan fingerprint density at radius 1 is 0.614 bits per heavy atom. The van der Waals surface area contributed by atoms with Crippen molar-refractivity contribution in [3.63, 3.8) is 0 Å². The molecule has 0 radical (unpaired) electrons. The van der Waals surface area contributed by atoms with Crippen LogP contribution in [0.3, 0.4) is 0 Å². The SMILES string of the molecule is COc1ccc(C2=N[C@@H](c3ccc(OC)c(OC)c3)[C@@H](c3ccc(OC)c(OC)c3)N2S(=O)(=O)N2CCCCC2)cc1OC. The summed E-state index contributed by atoms with van der Waals surface area (Å²) in [6, 6.07) is 14.8. The molecule has 5 rings (SSSR count). The topological polar surface area (TPSA) is 108 Å². The average Bonchev–Trinajstić information content (AvgIpc) is 3.49. The Morgan fingerprint density at radius 3 is 1.64 bits per heavy atom. The number of benzene rings is 3. The summed E-state index contributed by atoms with van der Waals surface area (Å²) < 4.78 is 65.7. The molecule has 1 fully saturated rings. The van der Waals surface area contributed by atoms with Crippen molar-refractivity contribution in [3.05, 3.63) is 71.3 Å². The molecule has 3 aromatic carbocycles. The number of ether oxygens (including phenoxy) is 6. The van der Waals surface area contributed by atoms with Crippen molar-refractivity contribution in [2.45, 2.75) is 31.3 Å². The van der Waals surface area contributed by atoms with Gasteiger partial charge in [0.15, 0.2) is 34.5 Å². The Kier molecular flexibility index (Phi) is 9.40. The van der Waals surface area contributed by atoms with E-state index in [1.54, 1.807) is 77.3 Å². The van der Waals surface area contributed by atoms with E-state index in [9.17, 15) is 8.42 Å². The van der Waals surface area contributed by atoms with E-state index in [4.69, 9.17) is 33.4 Å². The van der Waals surface area contributed by atoms with Gasteiger partial charge in [-0.15, -0.1) is 0 Å². The molecule has 44 heavy (non-hydrogen) atoms. The predicted molar refractivity (Wildman–Crippen MR) is 167 cm³/mol. The quantitative estimate of drug-likeness (QED) is 0.293. The van der Waals surface area contributed by atoms with Gasteiger partial charge in [0.05, 0.1) is 48.7 Å². The molecular formula is C32H39N3O8S. The molecule has 11 nitrogen and oxygen atoms in total. The van der Waals surface area contributed by atoms with Crippen molar-refractivity contribution in [1.29, 1.82) is 0 Å². The number of nitrogens with zero attached hydrogens (tertiary/aromatic N) is 3. The van der Waals surface area contributed by atoms with Crippen LogP contribution in [-0.2, 0) is 10.2 Å². The van der Waals surface area contributed by atoms with E-state index in [-0.39, 0.29) is 5.84 Å². The van der Waals surface area contributed by atoms with Crippen molar-refractivity contribution in [1.82, 2.24) is 8.61 Å². The number of aliphatic imine (C=N–C) groups is 1. The van der Waals surface area contributed by atoms with E-state index >= 15 is 0 Å². The second-order valence-corrected chi connectivity index (χ2v) is 12.2. The van der Waals surface area contributed by atoms with Gasteiger partial charge in [0, 0.05) is 18.7 Å². The monoisotopic (exact) mass is 625 g/mol. The third-order valence-corrected chi connectivity index (χ3v) is 9.97. The fourth-order valence-corrected chi connectivity index (χ4v) is 7.68. The second-order valence-electron chi connectivity index (χ2n) is 10.4. The normalized spacial score (nSPS) is 18.9. The summed E-state index contributed by atoms with van der Waals surface area (Å²) >= 11 is 0. The highest BCUT2D eigenvalue weighted by Crippen LogP contribution is 2.49. The molecule has 12 heteroatoms. The number of amidine groups is 1. The van der Waals surface area contributed by atoms with Crippen LogP contribution >= 0.6 is 0 Å². The molecule has 0 bridgehead atoms. The van der Waals surface area contributed by atoms with E-state index in [1.165, 1.54) is 4.31 Å². The molecule has 0 aromatic heterocycles. The van der Waals surface area contributed by atoms with Crippen molar-refractivity contribution < 1.29 is 36.8 Å². The van der Waals surface area contributed by atoms with Crippen LogP contribution in [0.4, 0.5) is 0 Å². The van der Waals surface area contributed by atoms with Crippen molar-refractivity contribution >= 4 is 16.0 Å². The molecule has 2 aliphatic rings. The zero-order valence-corrected chi connectivity index (χ0v) is 26.7. The number of hydrogen-bond donors (Lipinski definition) is 0. The highest BCUT2D eigenvalue weighted by atomic mass is 32.2. The van der Waals surface area contributed by atoms with E-state index in [0.717, 1.165) is 24.8 Å². The largest absolute Gasteiger partial charge is 0.493 e. The van der Waals surface area contributed by atoms with Crippen LogP contribution in [0.1, 0.15) is 48.0 Å². The van der Waals surface area contributed by atoms with Crippen molar-refractivity contribution in [2.75, 3.05) is 55.7 Å². The van der Waals surface area contributed by atoms with Gasteiger partial charge in [0.25, 0.3) is 0 Å². The molecule has 0 saturated carbocycles. The number of rotatable bonds is 11. The number of hydrogen-bond acceptors (Lipinski definition) is 9. The zero-order valence-electron chi connectivity index (χ0n) is 25.9. The Labute approximate surface area is 259 Å². The van der Waals surface area contributed by atoms with Gasteiger partial charge in [0.2, 0.25) is 0 Å². The Bertz CT molecular complexity index is 1620. The molecule has 3 aromatic rings. The van der Waals surface area contributed by atoms with Gasteiger partial charge in [-0.05, 0) is 66.4 Å². The van der Waals surface area contributed by atoms with Crippen molar-refractivity contribution in [3.8, 4) is 34.5 Å². The van der Waals surface area contributed by atoms with E-state index in [0.29, 0.717) is 58.7 Å². The predicted octanol–water partition coefficient (Wildman–Crippen LogP) is 5.01. The molecule has 0 N–H and O–H groups in total. The summed E-state index contributed by atoms with van der Waals surface area (Å²) in [4.78, 5) is 5.16. The first-order valence-corrected chi connectivity index (χ1v) is 15.7. The lowest BCUT2D eigenvalue weighted by Gasteiger charge is -2.36. The van der Waals surface area contributed by atoms with Gasteiger partial charge in [0.1, 0.15) is 11.9 Å². The first kappa shape index (κ1) is 31.3. The smallest absolute Gasteiger partial charge is 0.305 e. The van der Waals surface area contributed by atoms with E-state index in [2.05, 4.69) is 0 Å². The van der Waals surface area contributed by atoms with Crippen LogP contribution in [0.25, 0.3) is 0 Å². The molecule has 0 amide bonds. The minimum Gasteiger partial charge on any atom is -0.493 e. The minimum absolute atomic E-state index is 0.288. The molecule has 2 aliphatic heterocycles. The third kappa shape index (κ3) is 5.71. The molecule has 236 valence electrons. The van der Waals surface area contributed by atoms with Gasteiger partial charge in [-0.25, -0.2) is 4.31 Å². The van der Waals surface area contributed by atoms with Crippen LogP contribution in [0.5, 0.6) is 34.5 Å². The summed E-state index contributed by atoms with van der Waals surface area (Å²) in [5.41, 5.74) is 2.00. The zero-order chi connectivity index (χ0) is 31.4. The first-order chi connectivity index (χ1) is 21.3. The van der Waals surface area contributed by atoms with Crippen LogP contribution < -0.4 is 28.4 Å². The molecule has 2 heterocycles. The summed E-state index contributed by atoms with van der Waals surface area (Å²) in [6.45, 7) is 0.857. The number of methoxy groups -OCH3 is 6. The standard InChI is InChI=1S/C32H39N3O8S/c1-38-24-13-10-21(18-27(24)41-4)30-31(22-11-14-25(39-2)28(19-22)42-5)35(44(36,37)34-16-8-7-9-17-34)32(33-30)23-12-15-26(40-3)29(20-23)43-6/h10-15,18-20,30-31H,7-9,16-17H2,1-6H3/t30-,31+/m0/s1. The molecule has 0 unspecified atom stereocenters. The van der Waals surface area contributed by atoms with Crippen LogP contribution in [0.2, 0.25) is 0 Å². The lowest BCUT2D eigenvalue weighted by molar-refractivity contribution is 0.310. The van der Waals surface area contributed by atoms with E-state index in [1.807, 2.05) is 24.3 Å². The first-order valence-electron chi connectivity index (χ1n) is 14.3. The second kappa shape index (κ2) is 13.2. The molecule has 0 spiro atoms. The Hall–Kier alpha value is -4.16. The fraction of sp³-hybridized carbons (Fsp3) is 0.406. The van der Waals surface area contributed by atoms with Crippen LogP contribution in [0.15, 0.2) is 59.6 Å². The summed E-state index contributed by atoms with van der Waals surface area (Å²) in [7, 11) is 5.28. The van der Waals surface area contributed by atoms with Gasteiger partial charge >= 0.3 is 10.2 Å². The highest BCUT2D eigenvalue weighted by molar-refractivity contribution is 7.87. The molecule has 1 saturated heterocycles.